The van der Waals surface area contributed by atoms with Gasteiger partial charge in [0.1, 0.15) is 0 Å². The molecule has 2 bridgehead atoms. The average molecular weight is 345 g/mol. The number of benzene rings is 2. The van der Waals surface area contributed by atoms with Gasteiger partial charge in [0.25, 0.3) is 0 Å². The number of rotatable bonds is 3. The van der Waals surface area contributed by atoms with Crippen molar-refractivity contribution >= 4 is 23.2 Å². The fourth-order valence-electron chi connectivity index (χ4n) is 3.71. The van der Waals surface area contributed by atoms with E-state index in [2.05, 4.69) is 24.3 Å². The van der Waals surface area contributed by atoms with E-state index in [9.17, 15) is 8.42 Å². The molecule has 0 radical (unpaired) electrons. The van der Waals surface area contributed by atoms with Crippen LogP contribution in [0.3, 0.4) is 0 Å². The summed E-state index contributed by atoms with van der Waals surface area (Å²) in [5.74, 6) is 0. The molecule has 3 nitrogen and oxygen atoms in total. The van der Waals surface area contributed by atoms with Crippen LogP contribution < -0.4 is 5.30 Å². The van der Waals surface area contributed by atoms with Gasteiger partial charge in [-0.3, -0.25) is 0 Å². The number of sulfonamides is 1. The first kappa shape index (κ1) is 15.3. The molecular weight excluding hydrogens is 325 g/mol. The minimum Gasteiger partial charge on any atom is -0.207 e. The molecule has 2 aliphatic heterocycles. The molecule has 0 spiro atoms. The first-order valence-corrected chi connectivity index (χ1v) is 11.0. The van der Waals surface area contributed by atoms with Crippen LogP contribution in [0.2, 0.25) is 0 Å². The Morgan fingerprint density at radius 2 is 1.74 bits per heavy atom. The van der Waals surface area contributed by atoms with Crippen molar-refractivity contribution in [1.82, 2.24) is 4.31 Å². The van der Waals surface area contributed by atoms with Crippen LogP contribution in [-0.2, 0) is 10.0 Å². The topological polar surface area (TPSA) is 37.4 Å². The lowest BCUT2D eigenvalue weighted by molar-refractivity contribution is 0.408. The lowest BCUT2D eigenvalue weighted by atomic mass is 10.2. The number of nitrogens with zero attached hydrogens (tertiary/aromatic N) is 1. The molecule has 0 N–H and O–H groups in total. The SMILES string of the molecule is Cc1ccc(S(=O)(=O)N2CC3CC2CP3c2ccccc2)cc1. The molecule has 120 valence electrons. The molecule has 0 saturated carbocycles. The fraction of sp³-hybridized carbons (Fsp3) is 0.333. The maximum atomic E-state index is 12.9. The highest BCUT2D eigenvalue weighted by Gasteiger charge is 2.49. The summed E-state index contributed by atoms with van der Waals surface area (Å²) in [5.41, 5.74) is 1.59. The zero-order valence-electron chi connectivity index (χ0n) is 13.1. The van der Waals surface area contributed by atoms with Crippen molar-refractivity contribution in [2.24, 2.45) is 0 Å². The van der Waals surface area contributed by atoms with Crippen LogP contribution in [0.25, 0.3) is 0 Å². The third-order valence-electron chi connectivity index (χ3n) is 4.91. The average Bonchev–Trinajstić information content (AvgIpc) is 3.17. The van der Waals surface area contributed by atoms with Crippen molar-refractivity contribution in [2.75, 3.05) is 12.7 Å². The van der Waals surface area contributed by atoms with E-state index >= 15 is 0 Å². The van der Waals surface area contributed by atoms with Crippen molar-refractivity contribution in [3.05, 3.63) is 60.2 Å². The Morgan fingerprint density at radius 3 is 2.35 bits per heavy atom. The standard InChI is InChI=1S/C18H20NO2PS/c1-14-7-9-18(10-8-14)23(20,21)19-12-17-11-15(19)13-22(17)16-5-3-2-4-6-16/h2-10,15,17H,11-13H2,1H3. The Labute approximate surface area is 139 Å². The van der Waals surface area contributed by atoms with Crippen molar-refractivity contribution in [2.45, 2.75) is 29.9 Å². The van der Waals surface area contributed by atoms with Crippen LogP contribution in [0, 0.1) is 6.92 Å². The molecular formula is C18H20NO2PS. The van der Waals surface area contributed by atoms with Crippen LogP contribution >= 0.6 is 7.92 Å². The van der Waals surface area contributed by atoms with E-state index in [4.69, 9.17) is 0 Å². The van der Waals surface area contributed by atoms with Gasteiger partial charge < -0.3 is 0 Å². The summed E-state index contributed by atoms with van der Waals surface area (Å²) in [6.07, 6.45) is 2.03. The summed E-state index contributed by atoms with van der Waals surface area (Å²) < 4.78 is 27.6. The van der Waals surface area contributed by atoms with Gasteiger partial charge in [0.05, 0.1) is 4.90 Å². The predicted octanol–water partition coefficient (Wildman–Crippen LogP) is 2.95. The highest BCUT2D eigenvalue weighted by Crippen LogP contribution is 2.55. The lowest BCUT2D eigenvalue weighted by Crippen LogP contribution is -2.40. The van der Waals surface area contributed by atoms with E-state index in [1.54, 1.807) is 16.4 Å². The van der Waals surface area contributed by atoms with Crippen LogP contribution in [0.4, 0.5) is 0 Å². The van der Waals surface area contributed by atoms with Crippen molar-refractivity contribution < 1.29 is 8.42 Å². The van der Waals surface area contributed by atoms with Crippen molar-refractivity contribution in [3.63, 3.8) is 0 Å². The smallest absolute Gasteiger partial charge is 0.207 e. The second-order valence-corrected chi connectivity index (χ2v) is 10.9. The Balaban J connectivity index is 1.57. The Morgan fingerprint density at radius 1 is 1.04 bits per heavy atom. The zero-order valence-corrected chi connectivity index (χ0v) is 14.8. The van der Waals surface area contributed by atoms with E-state index in [-0.39, 0.29) is 14.0 Å². The van der Waals surface area contributed by atoms with E-state index < -0.39 is 10.0 Å². The summed E-state index contributed by atoms with van der Waals surface area (Å²) in [6, 6.07) is 18.0. The molecule has 2 heterocycles. The molecule has 2 aliphatic rings. The predicted molar refractivity (Wildman–Crippen MR) is 95.1 cm³/mol. The first-order chi connectivity index (χ1) is 11.1. The minimum absolute atomic E-state index is 0.178. The Kier molecular flexibility index (Phi) is 3.79. The minimum atomic E-state index is -3.35. The summed E-state index contributed by atoms with van der Waals surface area (Å²) >= 11 is 0. The van der Waals surface area contributed by atoms with E-state index in [0.717, 1.165) is 18.1 Å². The molecule has 4 rings (SSSR count). The molecule has 2 saturated heterocycles. The van der Waals surface area contributed by atoms with Gasteiger partial charge in [-0.2, -0.15) is 4.31 Å². The molecule has 2 aromatic rings. The zero-order chi connectivity index (χ0) is 16.0. The molecule has 23 heavy (non-hydrogen) atoms. The second kappa shape index (κ2) is 5.70. The van der Waals surface area contributed by atoms with E-state index in [1.807, 2.05) is 25.1 Å². The van der Waals surface area contributed by atoms with Crippen LogP contribution in [0.5, 0.6) is 0 Å². The molecule has 5 heteroatoms. The van der Waals surface area contributed by atoms with Gasteiger partial charge in [0.2, 0.25) is 10.0 Å². The molecule has 3 atom stereocenters. The summed E-state index contributed by atoms with van der Waals surface area (Å²) in [4.78, 5) is 0.430. The van der Waals surface area contributed by atoms with Crippen LogP contribution in [-0.4, -0.2) is 37.1 Å². The molecule has 2 fully saturated rings. The van der Waals surface area contributed by atoms with Gasteiger partial charge in [0.15, 0.2) is 0 Å². The number of fused-ring (bicyclic) bond motifs is 2. The van der Waals surface area contributed by atoms with Gasteiger partial charge in [-0.15, -0.1) is 0 Å². The molecule has 3 unspecified atom stereocenters. The quantitative estimate of drug-likeness (QED) is 0.802. The number of aryl methyl sites for hydroxylation is 1. The van der Waals surface area contributed by atoms with E-state index in [1.165, 1.54) is 5.30 Å². The van der Waals surface area contributed by atoms with Crippen molar-refractivity contribution in [3.8, 4) is 0 Å². The van der Waals surface area contributed by atoms with Gasteiger partial charge in [-0.25, -0.2) is 8.42 Å². The molecule has 0 aromatic heterocycles. The van der Waals surface area contributed by atoms with Crippen LogP contribution in [0.1, 0.15) is 12.0 Å². The monoisotopic (exact) mass is 345 g/mol. The maximum absolute atomic E-state index is 12.9. The third-order valence-corrected chi connectivity index (χ3v) is 9.87. The summed E-state index contributed by atoms with van der Waals surface area (Å²) in [6.45, 7) is 2.66. The third kappa shape index (κ3) is 2.63. The van der Waals surface area contributed by atoms with Gasteiger partial charge in [-0.05, 0) is 42.6 Å². The summed E-state index contributed by atoms with van der Waals surface area (Å²) in [5, 5.41) is 1.42. The van der Waals surface area contributed by atoms with Crippen LogP contribution in [0.15, 0.2) is 59.5 Å². The van der Waals surface area contributed by atoms with Gasteiger partial charge in [-0.1, -0.05) is 55.9 Å². The Bertz CT molecular complexity index is 805. The molecule has 0 amide bonds. The Hall–Kier alpha value is -1.22. The largest absolute Gasteiger partial charge is 0.243 e. The fourth-order valence-corrected chi connectivity index (χ4v) is 8.76. The highest BCUT2D eigenvalue weighted by atomic mass is 32.2. The number of hydrogen-bond donors (Lipinski definition) is 0. The lowest BCUT2D eigenvalue weighted by Gasteiger charge is -2.31. The van der Waals surface area contributed by atoms with Gasteiger partial charge in [0, 0.05) is 12.6 Å². The summed E-state index contributed by atoms with van der Waals surface area (Å²) in [7, 11) is -3.56. The first-order valence-electron chi connectivity index (χ1n) is 7.96. The molecule has 0 aliphatic carbocycles. The molecule has 2 aromatic carbocycles. The van der Waals surface area contributed by atoms with Gasteiger partial charge >= 0.3 is 0 Å². The normalized spacial score (nSPS) is 27.4. The number of hydrogen-bond acceptors (Lipinski definition) is 2. The van der Waals surface area contributed by atoms with Crippen molar-refractivity contribution in [1.29, 1.82) is 0 Å². The highest BCUT2D eigenvalue weighted by molar-refractivity contribution is 7.89. The van der Waals surface area contributed by atoms with E-state index in [0.29, 0.717) is 17.1 Å². The second-order valence-electron chi connectivity index (χ2n) is 6.42. The maximum Gasteiger partial charge on any atom is 0.243 e.